The normalized spacial score (nSPS) is 24.7. The molecule has 0 spiro atoms. The molecule has 0 aliphatic heterocycles. The first kappa shape index (κ1) is 13.0. The van der Waals surface area contributed by atoms with Crippen LogP contribution in [-0.4, -0.2) is 17.5 Å². The largest absolute Gasteiger partial charge is 0.309 e. The highest BCUT2D eigenvalue weighted by atomic mass is 79.9. The second-order valence-electron chi connectivity index (χ2n) is 5.56. The number of nitrogens with one attached hydrogen (secondary N) is 1. The average molecular weight is 326 g/mol. The molecule has 1 aromatic carbocycles. The van der Waals surface area contributed by atoms with Crippen LogP contribution in [0.15, 0.2) is 22.7 Å². The van der Waals surface area contributed by atoms with Crippen LogP contribution in [0.5, 0.6) is 0 Å². The van der Waals surface area contributed by atoms with Crippen LogP contribution in [0.3, 0.4) is 0 Å². The van der Waals surface area contributed by atoms with Crippen molar-refractivity contribution in [1.29, 1.82) is 0 Å². The van der Waals surface area contributed by atoms with Crippen LogP contribution in [-0.2, 0) is 6.42 Å². The average Bonchev–Trinajstić information content (AvgIpc) is 2.71. The van der Waals surface area contributed by atoms with Crippen LogP contribution in [0, 0.1) is 0 Å². The quantitative estimate of drug-likeness (QED) is 0.885. The number of aryl methyl sites for hydroxylation is 1. The van der Waals surface area contributed by atoms with Crippen LogP contribution in [0.1, 0.15) is 42.9 Å². The van der Waals surface area contributed by atoms with Gasteiger partial charge in [-0.05, 0) is 55.2 Å². The smallest absolute Gasteiger partial charge is 0.0326 e. The Balaban J connectivity index is 1.66. The van der Waals surface area contributed by atoms with Crippen LogP contribution in [0.4, 0.5) is 0 Å². The van der Waals surface area contributed by atoms with Crippen LogP contribution >= 0.6 is 27.7 Å². The molecule has 3 rings (SSSR count). The summed E-state index contributed by atoms with van der Waals surface area (Å²) in [7, 11) is 0. The van der Waals surface area contributed by atoms with Crippen molar-refractivity contribution in [2.24, 2.45) is 0 Å². The van der Waals surface area contributed by atoms with Crippen LogP contribution < -0.4 is 5.32 Å². The highest BCUT2D eigenvalue weighted by Gasteiger charge is 2.36. The van der Waals surface area contributed by atoms with Gasteiger partial charge in [0.05, 0.1) is 0 Å². The van der Waals surface area contributed by atoms with Gasteiger partial charge in [0, 0.05) is 21.8 Å². The monoisotopic (exact) mass is 325 g/mol. The fourth-order valence-electron chi connectivity index (χ4n) is 3.13. The molecular formula is C15H20BrNS. The summed E-state index contributed by atoms with van der Waals surface area (Å²) in [6, 6.07) is 7.33. The standard InChI is InChI=1S/C15H20BrNS/c1-18-15(7-2-8-15)10-17-14-6-3-11-9-12(16)4-5-13(11)14/h4-5,9,14,17H,2-3,6-8,10H2,1H3. The van der Waals surface area contributed by atoms with Crippen molar-refractivity contribution < 1.29 is 0 Å². The van der Waals surface area contributed by atoms with Crippen molar-refractivity contribution >= 4 is 27.7 Å². The van der Waals surface area contributed by atoms with E-state index >= 15 is 0 Å². The third kappa shape index (κ3) is 2.37. The van der Waals surface area contributed by atoms with Gasteiger partial charge in [0.2, 0.25) is 0 Å². The summed E-state index contributed by atoms with van der Waals surface area (Å²) in [4.78, 5) is 0. The Morgan fingerprint density at radius 3 is 2.94 bits per heavy atom. The number of halogens is 1. The third-order valence-electron chi connectivity index (χ3n) is 4.55. The molecule has 1 aromatic rings. The van der Waals surface area contributed by atoms with E-state index in [2.05, 4.69) is 57.5 Å². The van der Waals surface area contributed by atoms with E-state index in [-0.39, 0.29) is 0 Å². The molecule has 1 saturated carbocycles. The maximum Gasteiger partial charge on any atom is 0.0326 e. The van der Waals surface area contributed by atoms with Crippen molar-refractivity contribution in [1.82, 2.24) is 5.32 Å². The summed E-state index contributed by atoms with van der Waals surface area (Å²) in [6.07, 6.45) is 8.94. The molecule has 1 N–H and O–H groups in total. The first-order chi connectivity index (χ1) is 8.72. The molecule has 2 aliphatic carbocycles. The molecule has 0 amide bonds. The van der Waals surface area contributed by atoms with Crippen molar-refractivity contribution in [3.8, 4) is 0 Å². The third-order valence-corrected chi connectivity index (χ3v) is 6.46. The van der Waals surface area contributed by atoms with Crippen molar-refractivity contribution in [3.05, 3.63) is 33.8 Å². The molecule has 2 aliphatic rings. The highest BCUT2D eigenvalue weighted by molar-refractivity contribution is 9.10. The molecule has 0 saturated heterocycles. The lowest BCUT2D eigenvalue weighted by Crippen LogP contribution is -2.44. The second kappa shape index (κ2) is 5.18. The van der Waals surface area contributed by atoms with Gasteiger partial charge in [-0.3, -0.25) is 0 Å². The summed E-state index contributed by atoms with van der Waals surface area (Å²) >= 11 is 5.62. The SMILES string of the molecule is CSC1(CNC2CCc3cc(Br)ccc32)CCC1. The first-order valence-electron chi connectivity index (χ1n) is 6.79. The molecule has 1 fully saturated rings. The van der Waals surface area contributed by atoms with E-state index in [1.807, 2.05) is 0 Å². The Labute approximate surface area is 122 Å². The van der Waals surface area contributed by atoms with Gasteiger partial charge in [-0.2, -0.15) is 11.8 Å². The number of rotatable bonds is 4. The zero-order chi connectivity index (χ0) is 12.6. The molecule has 1 nitrogen and oxygen atoms in total. The van der Waals surface area contributed by atoms with E-state index in [0.717, 1.165) is 0 Å². The number of fused-ring (bicyclic) bond motifs is 1. The van der Waals surface area contributed by atoms with E-state index in [1.54, 1.807) is 0 Å². The Kier molecular flexibility index (Phi) is 3.75. The lowest BCUT2D eigenvalue weighted by molar-refractivity contribution is 0.330. The maximum absolute atomic E-state index is 3.81. The van der Waals surface area contributed by atoms with Crippen molar-refractivity contribution in [2.45, 2.75) is 42.9 Å². The fourth-order valence-corrected chi connectivity index (χ4v) is 4.46. The molecule has 0 bridgehead atoms. The molecule has 98 valence electrons. The minimum Gasteiger partial charge on any atom is -0.309 e. The topological polar surface area (TPSA) is 12.0 Å². The van der Waals surface area contributed by atoms with Gasteiger partial charge < -0.3 is 5.32 Å². The summed E-state index contributed by atoms with van der Waals surface area (Å²) in [5.74, 6) is 0. The maximum atomic E-state index is 3.81. The van der Waals surface area contributed by atoms with E-state index in [9.17, 15) is 0 Å². The number of thioether (sulfide) groups is 1. The molecule has 0 heterocycles. The van der Waals surface area contributed by atoms with Crippen LogP contribution in [0.2, 0.25) is 0 Å². The van der Waals surface area contributed by atoms with Gasteiger partial charge in [-0.25, -0.2) is 0 Å². The number of hydrogen-bond acceptors (Lipinski definition) is 2. The van der Waals surface area contributed by atoms with Gasteiger partial charge >= 0.3 is 0 Å². The van der Waals surface area contributed by atoms with Gasteiger partial charge in [0.15, 0.2) is 0 Å². The van der Waals surface area contributed by atoms with E-state index in [4.69, 9.17) is 0 Å². The number of benzene rings is 1. The highest BCUT2D eigenvalue weighted by Crippen LogP contribution is 2.43. The fraction of sp³-hybridized carbons (Fsp3) is 0.600. The molecule has 0 aromatic heterocycles. The predicted molar refractivity (Wildman–Crippen MR) is 83.3 cm³/mol. The summed E-state index contributed by atoms with van der Waals surface area (Å²) in [5.41, 5.74) is 3.04. The molecule has 0 radical (unpaired) electrons. The Morgan fingerprint density at radius 1 is 1.44 bits per heavy atom. The lowest BCUT2D eigenvalue weighted by Gasteiger charge is -2.41. The molecule has 1 atom stereocenters. The van der Waals surface area contributed by atoms with Gasteiger partial charge in [-0.1, -0.05) is 28.4 Å². The zero-order valence-corrected chi connectivity index (χ0v) is 13.2. The minimum atomic E-state index is 0.540. The summed E-state index contributed by atoms with van der Waals surface area (Å²) in [6.45, 7) is 1.17. The van der Waals surface area contributed by atoms with E-state index in [1.165, 1.54) is 54.2 Å². The second-order valence-corrected chi connectivity index (χ2v) is 7.75. The molecule has 1 unspecified atom stereocenters. The van der Waals surface area contributed by atoms with Gasteiger partial charge in [0.25, 0.3) is 0 Å². The Morgan fingerprint density at radius 2 is 2.28 bits per heavy atom. The van der Waals surface area contributed by atoms with Crippen molar-refractivity contribution in [2.75, 3.05) is 12.8 Å². The number of hydrogen-bond donors (Lipinski definition) is 1. The van der Waals surface area contributed by atoms with Crippen molar-refractivity contribution in [3.63, 3.8) is 0 Å². The van der Waals surface area contributed by atoms with Gasteiger partial charge in [-0.15, -0.1) is 0 Å². The minimum absolute atomic E-state index is 0.540. The van der Waals surface area contributed by atoms with Gasteiger partial charge in [0.1, 0.15) is 0 Å². The molecule has 18 heavy (non-hydrogen) atoms. The summed E-state index contributed by atoms with van der Waals surface area (Å²) < 4.78 is 1.75. The molecular weight excluding hydrogens is 306 g/mol. The Hall–Kier alpha value is 0.01000. The predicted octanol–water partition coefficient (Wildman–Crippen LogP) is 4.31. The lowest BCUT2D eigenvalue weighted by atomic mass is 9.84. The van der Waals surface area contributed by atoms with Crippen LogP contribution in [0.25, 0.3) is 0 Å². The first-order valence-corrected chi connectivity index (χ1v) is 8.81. The van der Waals surface area contributed by atoms with E-state index in [0.29, 0.717) is 10.8 Å². The summed E-state index contributed by atoms with van der Waals surface area (Å²) in [5, 5.41) is 3.81. The van der Waals surface area contributed by atoms with E-state index < -0.39 is 0 Å². The zero-order valence-electron chi connectivity index (χ0n) is 10.8. The Bertz CT molecular complexity index is 437. The molecule has 3 heteroatoms.